The summed E-state index contributed by atoms with van der Waals surface area (Å²) in [6.45, 7) is 5.22. The first-order valence-corrected chi connectivity index (χ1v) is 11.1. The summed E-state index contributed by atoms with van der Waals surface area (Å²) in [7, 11) is 0. The van der Waals surface area contributed by atoms with Gasteiger partial charge in [-0.2, -0.15) is 0 Å². The first kappa shape index (κ1) is 20.5. The molecule has 4 aromatic rings. The van der Waals surface area contributed by atoms with Crippen LogP contribution in [0.3, 0.4) is 0 Å². The van der Waals surface area contributed by atoms with Gasteiger partial charge < -0.3 is 19.6 Å². The lowest BCUT2D eigenvalue weighted by molar-refractivity contribution is 0.0374. The average molecular weight is 430 g/mol. The molecule has 0 saturated carbocycles. The van der Waals surface area contributed by atoms with E-state index in [1.54, 1.807) is 0 Å². The smallest absolute Gasteiger partial charge is 0.251 e. The van der Waals surface area contributed by atoms with Gasteiger partial charge in [-0.05, 0) is 49.4 Å². The maximum atomic E-state index is 12.6. The number of morpholine rings is 1. The molecule has 0 unspecified atom stereocenters. The Kier molecular flexibility index (Phi) is 6.00. The van der Waals surface area contributed by atoms with Crippen LogP contribution in [0.15, 0.2) is 67.3 Å². The number of benzene rings is 1. The molecular weight excluding hydrogens is 402 g/mol. The third-order valence-corrected chi connectivity index (χ3v) is 5.91. The summed E-state index contributed by atoms with van der Waals surface area (Å²) in [5.41, 5.74) is 3.71. The molecule has 0 atom stereocenters. The summed E-state index contributed by atoms with van der Waals surface area (Å²) in [5, 5.41) is 4.11. The number of hydrogen-bond acceptors (Lipinski definition) is 4. The van der Waals surface area contributed by atoms with Crippen molar-refractivity contribution in [1.82, 2.24) is 24.8 Å². The molecule has 1 aliphatic heterocycles. The van der Waals surface area contributed by atoms with E-state index >= 15 is 0 Å². The molecule has 5 rings (SSSR count). The highest BCUT2D eigenvalue weighted by Crippen LogP contribution is 2.29. The second-order valence-corrected chi connectivity index (χ2v) is 8.02. The van der Waals surface area contributed by atoms with Crippen molar-refractivity contribution in [3.63, 3.8) is 0 Å². The highest BCUT2D eigenvalue weighted by Gasteiger charge is 2.12. The summed E-state index contributed by atoms with van der Waals surface area (Å²) in [4.78, 5) is 22.9. The predicted molar refractivity (Wildman–Crippen MR) is 125 cm³/mol. The number of carbonyl (C=O) groups excluding carboxylic acids is 1. The zero-order chi connectivity index (χ0) is 21.8. The fourth-order valence-corrected chi connectivity index (χ4v) is 4.12. The molecule has 0 radical (unpaired) electrons. The lowest BCUT2D eigenvalue weighted by Crippen LogP contribution is -2.38. The van der Waals surface area contributed by atoms with Crippen LogP contribution >= 0.6 is 0 Å². The molecule has 1 fully saturated rings. The fraction of sp³-hybridized carbons (Fsp3) is 0.280. The van der Waals surface area contributed by atoms with E-state index in [1.165, 1.54) is 0 Å². The zero-order valence-corrected chi connectivity index (χ0v) is 18.0. The van der Waals surface area contributed by atoms with Crippen molar-refractivity contribution in [3.05, 3.63) is 72.8 Å². The van der Waals surface area contributed by atoms with Crippen molar-refractivity contribution in [2.75, 3.05) is 39.4 Å². The Morgan fingerprint density at radius 1 is 1.12 bits per heavy atom. The van der Waals surface area contributed by atoms with Crippen LogP contribution in [0.4, 0.5) is 0 Å². The Morgan fingerprint density at radius 2 is 1.97 bits per heavy atom. The number of amides is 1. The van der Waals surface area contributed by atoms with Crippen molar-refractivity contribution in [2.24, 2.45) is 0 Å². The van der Waals surface area contributed by atoms with Crippen molar-refractivity contribution >= 4 is 16.8 Å². The normalized spacial score (nSPS) is 14.6. The van der Waals surface area contributed by atoms with Gasteiger partial charge in [0.15, 0.2) is 0 Å². The molecule has 7 nitrogen and oxygen atoms in total. The van der Waals surface area contributed by atoms with Gasteiger partial charge in [-0.1, -0.05) is 6.07 Å². The number of fused-ring (bicyclic) bond motifs is 1. The van der Waals surface area contributed by atoms with Crippen LogP contribution in [0.2, 0.25) is 0 Å². The van der Waals surface area contributed by atoms with Crippen LogP contribution in [0.1, 0.15) is 16.8 Å². The van der Waals surface area contributed by atoms with Gasteiger partial charge in [-0.15, -0.1) is 0 Å². The number of aromatic amines is 1. The third-order valence-electron chi connectivity index (χ3n) is 5.91. The van der Waals surface area contributed by atoms with Gasteiger partial charge in [0.05, 0.1) is 13.2 Å². The van der Waals surface area contributed by atoms with E-state index in [-0.39, 0.29) is 5.91 Å². The monoisotopic (exact) mass is 429 g/mol. The number of nitrogens with zero attached hydrogens (tertiary/aromatic N) is 3. The van der Waals surface area contributed by atoms with E-state index in [0.29, 0.717) is 12.1 Å². The molecule has 0 bridgehead atoms. The summed E-state index contributed by atoms with van der Waals surface area (Å²) in [6, 6.07) is 13.8. The fourth-order valence-electron chi connectivity index (χ4n) is 4.12. The number of pyridine rings is 1. The largest absolute Gasteiger partial charge is 0.379 e. The minimum atomic E-state index is -0.0391. The van der Waals surface area contributed by atoms with E-state index in [2.05, 4.69) is 26.3 Å². The SMILES string of the molecule is O=C(NCCCN1CCOCC1)c1ccc2c(-c3ccc(-n4cccc4)nc3)c[nH]c2c1. The Hall–Kier alpha value is -3.42. The van der Waals surface area contributed by atoms with Gasteiger partial charge in [-0.25, -0.2) is 4.98 Å². The highest BCUT2D eigenvalue weighted by molar-refractivity contribution is 6.01. The Bertz CT molecular complexity index is 1180. The first-order chi connectivity index (χ1) is 15.8. The number of H-pyrrole nitrogens is 1. The molecule has 4 heterocycles. The Morgan fingerprint density at radius 3 is 2.75 bits per heavy atom. The maximum Gasteiger partial charge on any atom is 0.251 e. The molecule has 7 heteroatoms. The van der Waals surface area contributed by atoms with E-state index in [4.69, 9.17) is 4.74 Å². The van der Waals surface area contributed by atoms with Crippen LogP contribution in [-0.4, -0.2) is 64.7 Å². The third kappa shape index (κ3) is 4.44. The number of rotatable bonds is 7. The van der Waals surface area contributed by atoms with Gasteiger partial charge in [0.1, 0.15) is 5.82 Å². The number of nitrogens with one attached hydrogen (secondary N) is 2. The topological polar surface area (TPSA) is 75.2 Å². The zero-order valence-electron chi connectivity index (χ0n) is 18.0. The van der Waals surface area contributed by atoms with Crippen LogP contribution in [0.5, 0.6) is 0 Å². The van der Waals surface area contributed by atoms with Crippen LogP contribution in [0, 0.1) is 0 Å². The first-order valence-electron chi connectivity index (χ1n) is 11.1. The van der Waals surface area contributed by atoms with Crippen LogP contribution in [-0.2, 0) is 4.74 Å². The quantitative estimate of drug-likeness (QED) is 0.441. The van der Waals surface area contributed by atoms with E-state index in [0.717, 1.165) is 67.1 Å². The van der Waals surface area contributed by atoms with Gasteiger partial charge in [0.2, 0.25) is 0 Å². The maximum absolute atomic E-state index is 12.6. The second-order valence-electron chi connectivity index (χ2n) is 8.02. The molecule has 0 spiro atoms. The molecule has 1 saturated heterocycles. The number of hydrogen-bond donors (Lipinski definition) is 2. The molecule has 32 heavy (non-hydrogen) atoms. The summed E-state index contributed by atoms with van der Waals surface area (Å²) < 4.78 is 7.35. The van der Waals surface area contributed by atoms with Gasteiger partial charge in [-0.3, -0.25) is 9.69 Å². The lowest BCUT2D eigenvalue weighted by Gasteiger charge is -2.26. The van der Waals surface area contributed by atoms with E-state index in [1.807, 2.05) is 65.8 Å². The van der Waals surface area contributed by atoms with Gasteiger partial charge in [0, 0.05) is 72.0 Å². The minimum Gasteiger partial charge on any atom is -0.379 e. The Labute approximate surface area is 187 Å². The highest BCUT2D eigenvalue weighted by atomic mass is 16.5. The van der Waals surface area contributed by atoms with Crippen molar-refractivity contribution < 1.29 is 9.53 Å². The lowest BCUT2D eigenvalue weighted by atomic mass is 10.0. The van der Waals surface area contributed by atoms with Crippen molar-refractivity contribution in [2.45, 2.75) is 6.42 Å². The molecule has 1 aromatic carbocycles. The molecule has 164 valence electrons. The molecule has 1 aliphatic rings. The average Bonchev–Trinajstić information content (AvgIpc) is 3.52. The number of ether oxygens (including phenoxy) is 1. The Balaban J connectivity index is 1.23. The van der Waals surface area contributed by atoms with Crippen molar-refractivity contribution in [3.8, 4) is 16.9 Å². The van der Waals surface area contributed by atoms with Crippen LogP contribution < -0.4 is 5.32 Å². The number of carbonyl (C=O) groups is 1. The van der Waals surface area contributed by atoms with Crippen LogP contribution in [0.25, 0.3) is 27.8 Å². The predicted octanol–water partition coefficient (Wildman–Crippen LogP) is 3.47. The van der Waals surface area contributed by atoms with Crippen molar-refractivity contribution in [1.29, 1.82) is 0 Å². The number of aromatic nitrogens is 3. The second kappa shape index (κ2) is 9.38. The molecular formula is C25H27N5O2. The minimum absolute atomic E-state index is 0.0391. The summed E-state index contributed by atoms with van der Waals surface area (Å²) >= 11 is 0. The molecule has 1 amide bonds. The van der Waals surface area contributed by atoms with Gasteiger partial charge >= 0.3 is 0 Å². The summed E-state index contributed by atoms with van der Waals surface area (Å²) in [6.07, 6.45) is 8.74. The molecule has 3 aromatic heterocycles. The molecule has 2 N–H and O–H groups in total. The standard InChI is InChI=1S/C25H27N5O2/c31-25(26-8-3-9-29-12-14-32-15-13-29)19-4-6-21-22(18-27-23(21)16-19)20-5-7-24(28-17-20)30-10-1-2-11-30/h1-2,4-7,10-11,16-18,27H,3,8-9,12-15H2,(H,26,31). The van der Waals surface area contributed by atoms with E-state index in [9.17, 15) is 4.79 Å². The molecule has 0 aliphatic carbocycles. The summed E-state index contributed by atoms with van der Waals surface area (Å²) in [5.74, 6) is 0.842. The van der Waals surface area contributed by atoms with E-state index < -0.39 is 0 Å². The van der Waals surface area contributed by atoms with Gasteiger partial charge in [0.25, 0.3) is 5.91 Å².